The second-order valence-corrected chi connectivity index (χ2v) is 4.88. The second kappa shape index (κ2) is 9.55. The van der Waals surface area contributed by atoms with Crippen LogP contribution in [0.2, 0.25) is 0 Å². The number of rotatable bonds is 7. The van der Waals surface area contributed by atoms with Crippen LogP contribution >= 0.6 is 0 Å². The van der Waals surface area contributed by atoms with Gasteiger partial charge in [-0.15, -0.1) is 0 Å². The number of hydrogen-bond donors (Lipinski definition) is 1. The van der Waals surface area contributed by atoms with Gasteiger partial charge in [0.05, 0.1) is 6.61 Å². The van der Waals surface area contributed by atoms with Crippen LogP contribution in [0, 0.1) is 11.8 Å². The summed E-state index contributed by atoms with van der Waals surface area (Å²) >= 11 is 0. The smallest absolute Gasteiger partial charge is 0.104 e. The Kier molecular flexibility index (Phi) is 7.98. The van der Waals surface area contributed by atoms with E-state index >= 15 is 0 Å². The van der Waals surface area contributed by atoms with Gasteiger partial charge in [0, 0.05) is 31.8 Å². The maximum Gasteiger partial charge on any atom is 0.104 e. The molecule has 0 aromatic heterocycles. The summed E-state index contributed by atoms with van der Waals surface area (Å²) in [5.41, 5.74) is 2.21. The highest BCUT2D eigenvalue weighted by atomic mass is 16.5. The topological polar surface area (TPSA) is 32.7 Å². The first-order valence-electron chi connectivity index (χ1n) is 7.12. The van der Waals surface area contributed by atoms with Gasteiger partial charge in [0.1, 0.15) is 6.61 Å². The van der Waals surface area contributed by atoms with Gasteiger partial charge in [-0.1, -0.05) is 30.9 Å². The molecule has 0 spiro atoms. The molecule has 0 aliphatic carbocycles. The Hall–Kier alpha value is -1.34. The molecule has 0 saturated carbocycles. The molecule has 1 N–H and O–H groups in total. The predicted molar refractivity (Wildman–Crippen MR) is 82.4 cm³/mol. The fourth-order valence-corrected chi connectivity index (χ4v) is 1.99. The molecule has 1 atom stereocenters. The molecule has 0 aliphatic heterocycles. The molecule has 0 bridgehead atoms. The van der Waals surface area contributed by atoms with E-state index in [-0.39, 0.29) is 6.61 Å². The number of methoxy groups -OCH3 is 1. The van der Waals surface area contributed by atoms with Crippen LogP contribution in [-0.2, 0) is 11.3 Å². The van der Waals surface area contributed by atoms with Gasteiger partial charge in [-0.05, 0) is 31.0 Å². The summed E-state index contributed by atoms with van der Waals surface area (Å²) in [6.07, 6.45) is 1.13. The van der Waals surface area contributed by atoms with E-state index in [1.165, 1.54) is 5.56 Å². The first-order valence-corrected chi connectivity index (χ1v) is 7.12. The van der Waals surface area contributed by atoms with E-state index in [0.29, 0.717) is 6.04 Å². The van der Waals surface area contributed by atoms with Crippen LogP contribution in [0.5, 0.6) is 0 Å². The zero-order valence-corrected chi connectivity index (χ0v) is 12.7. The summed E-state index contributed by atoms with van der Waals surface area (Å²) < 4.78 is 5.18. The van der Waals surface area contributed by atoms with Crippen molar-refractivity contribution >= 4 is 0 Å². The highest BCUT2D eigenvalue weighted by Gasteiger charge is 2.12. The Bertz CT molecular complexity index is 431. The van der Waals surface area contributed by atoms with Crippen LogP contribution in [0.25, 0.3) is 0 Å². The van der Waals surface area contributed by atoms with Gasteiger partial charge in [-0.2, -0.15) is 0 Å². The minimum Gasteiger partial charge on any atom is -0.384 e. The second-order valence-electron chi connectivity index (χ2n) is 4.88. The van der Waals surface area contributed by atoms with Crippen molar-refractivity contribution in [2.45, 2.75) is 32.9 Å². The number of aliphatic hydroxyl groups excluding tert-OH is 1. The summed E-state index contributed by atoms with van der Waals surface area (Å²) in [5, 5.41) is 8.68. The molecule has 3 nitrogen and oxygen atoms in total. The highest BCUT2D eigenvalue weighted by molar-refractivity contribution is 5.36. The van der Waals surface area contributed by atoms with Crippen LogP contribution in [-0.4, -0.2) is 42.9 Å². The van der Waals surface area contributed by atoms with Crippen molar-refractivity contribution < 1.29 is 9.84 Å². The Balaban J connectivity index is 2.67. The molecular weight excluding hydrogens is 250 g/mol. The van der Waals surface area contributed by atoms with Crippen molar-refractivity contribution in [3.8, 4) is 11.8 Å². The maximum atomic E-state index is 8.68. The van der Waals surface area contributed by atoms with Crippen LogP contribution in [0.1, 0.15) is 31.4 Å². The van der Waals surface area contributed by atoms with Gasteiger partial charge in [-0.25, -0.2) is 0 Å². The Morgan fingerprint density at radius 3 is 2.55 bits per heavy atom. The Labute approximate surface area is 122 Å². The third-order valence-corrected chi connectivity index (χ3v) is 3.45. The first kappa shape index (κ1) is 16.7. The van der Waals surface area contributed by atoms with Gasteiger partial charge in [0.25, 0.3) is 0 Å². The molecule has 0 amide bonds. The summed E-state index contributed by atoms with van der Waals surface area (Å²) in [7, 11) is 1.74. The molecule has 1 unspecified atom stereocenters. The van der Waals surface area contributed by atoms with Crippen LogP contribution in [0.4, 0.5) is 0 Å². The van der Waals surface area contributed by atoms with Crippen molar-refractivity contribution in [2.75, 3.05) is 26.9 Å². The zero-order valence-electron chi connectivity index (χ0n) is 12.7. The lowest BCUT2D eigenvalue weighted by atomic mass is 10.1. The minimum absolute atomic E-state index is 0.0967. The van der Waals surface area contributed by atoms with Crippen molar-refractivity contribution in [1.82, 2.24) is 4.90 Å². The first-order chi connectivity index (χ1) is 9.71. The van der Waals surface area contributed by atoms with E-state index in [2.05, 4.69) is 42.7 Å². The number of nitrogens with zero attached hydrogens (tertiary/aromatic N) is 1. The SMILES string of the molecule is CCC(C)N(CCOC)Cc1ccc(C#CCO)cc1. The molecule has 1 aromatic rings. The summed E-state index contributed by atoms with van der Waals surface area (Å²) in [5.74, 6) is 5.57. The fraction of sp³-hybridized carbons (Fsp3) is 0.529. The van der Waals surface area contributed by atoms with Crippen molar-refractivity contribution in [3.05, 3.63) is 35.4 Å². The number of benzene rings is 1. The van der Waals surface area contributed by atoms with Gasteiger partial charge in [0.2, 0.25) is 0 Å². The van der Waals surface area contributed by atoms with Gasteiger partial charge < -0.3 is 9.84 Å². The summed E-state index contributed by atoms with van der Waals surface area (Å²) in [4.78, 5) is 2.43. The zero-order chi connectivity index (χ0) is 14.8. The lowest BCUT2D eigenvalue weighted by molar-refractivity contribution is 0.118. The molecule has 1 rings (SSSR count). The third kappa shape index (κ3) is 5.75. The molecular formula is C17H25NO2. The van der Waals surface area contributed by atoms with Gasteiger partial charge in [-0.3, -0.25) is 4.90 Å². The van der Waals surface area contributed by atoms with Crippen molar-refractivity contribution in [1.29, 1.82) is 0 Å². The monoisotopic (exact) mass is 275 g/mol. The van der Waals surface area contributed by atoms with Gasteiger partial charge in [0.15, 0.2) is 0 Å². The number of hydrogen-bond acceptors (Lipinski definition) is 3. The third-order valence-electron chi connectivity index (χ3n) is 3.45. The molecule has 0 radical (unpaired) electrons. The standard InChI is InChI=1S/C17H25NO2/c1-4-15(2)18(11-13-20-3)14-17-9-7-16(8-10-17)6-5-12-19/h7-10,15,19H,4,11-14H2,1-3H3. The molecule has 0 heterocycles. The molecule has 3 heteroatoms. The predicted octanol–water partition coefficient (Wildman–Crippen LogP) is 2.28. The van der Waals surface area contributed by atoms with Crippen LogP contribution < -0.4 is 0 Å². The average molecular weight is 275 g/mol. The quantitative estimate of drug-likeness (QED) is 0.775. The van der Waals surface area contributed by atoms with E-state index in [0.717, 1.165) is 31.7 Å². The maximum absolute atomic E-state index is 8.68. The Morgan fingerprint density at radius 1 is 1.30 bits per heavy atom. The minimum atomic E-state index is -0.0967. The number of ether oxygens (including phenoxy) is 1. The van der Waals surface area contributed by atoms with Gasteiger partial charge >= 0.3 is 0 Å². The molecule has 20 heavy (non-hydrogen) atoms. The number of aliphatic hydroxyl groups is 1. The molecule has 0 fully saturated rings. The molecule has 0 saturated heterocycles. The Morgan fingerprint density at radius 2 is 2.00 bits per heavy atom. The van der Waals surface area contributed by atoms with Crippen LogP contribution in [0.15, 0.2) is 24.3 Å². The lowest BCUT2D eigenvalue weighted by Crippen LogP contribution is -2.34. The average Bonchev–Trinajstić information content (AvgIpc) is 2.49. The van der Waals surface area contributed by atoms with E-state index in [9.17, 15) is 0 Å². The van der Waals surface area contributed by atoms with Crippen molar-refractivity contribution in [2.24, 2.45) is 0 Å². The normalized spacial score (nSPS) is 12.1. The highest BCUT2D eigenvalue weighted by Crippen LogP contribution is 2.11. The van der Waals surface area contributed by atoms with E-state index < -0.39 is 0 Å². The molecule has 110 valence electrons. The van der Waals surface area contributed by atoms with E-state index in [4.69, 9.17) is 9.84 Å². The van der Waals surface area contributed by atoms with Crippen molar-refractivity contribution in [3.63, 3.8) is 0 Å². The van der Waals surface area contributed by atoms with Crippen LogP contribution in [0.3, 0.4) is 0 Å². The summed E-state index contributed by atoms with van der Waals surface area (Å²) in [6.45, 7) is 6.98. The van der Waals surface area contributed by atoms with E-state index in [1.54, 1.807) is 7.11 Å². The molecule has 1 aromatic carbocycles. The van der Waals surface area contributed by atoms with E-state index in [1.807, 2.05) is 12.1 Å². The lowest BCUT2D eigenvalue weighted by Gasteiger charge is -2.28. The fourth-order valence-electron chi connectivity index (χ4n) is 1.99. The summed E-state index contributed by atoms with van der Waals surface area (Å²) in [6, 6.07) is 8.75. The molecule has 0 aliphatic rings. The largest absolute Gasteiger partial charge is 0.384 e.